The van der Waals surface area contributed by atoms with Gasteiger partial charge in [-0.25, -0.2) is 8.42 Å². The summed E-state index contributed by atoms with van der Waals surface area (Å²) in [5, 5.41) is 8.74. The number of rotatable bonds is 7. The van der Waals surface area contributed by atoms with Crippen molar-refractivity contribution in [3.63, 3.8) is 0 Å². The maximum absolute atomic E-state index is 12.0. The number of carboxylic acids is 1. The number of benzene rings is 1. The molecule has 0 saturated heterocycles. The Morgan fingerprint density at radius 1 is 1.29 bits per heavy atom. The first-order valence-electron chi connectivity index (χ1n) is 6.14. The lowest BCUT2D eigenvalue weighted by atomic mass is 10.0. The monoisotopic (exact) mass is 317 g/mol. The highest BCUT2D eigenvalue weighted by molar-refractivity contribution is 7.90. The summed E-state index contributed by atoms with van der Waals surface area (Å²) in [6, 6.07) is 2.22. The Morgan fingerprint density at radius 3 is 2.24 bits per heavy atom. The molecule has 0 spiro atoms. The van der Waals surface area contributed by atoms with Crippen LogP contribution in [-0.4, -0.2) is 40.0 Å². The van der Waals surface area contributed by atoms with E-state index >= 15 is 0 Å². The summed E-state index contributed by atoms with van der Waals surface area (Å²) in [5.74, 6) is -0.568. The minimum atomic E-state index is -3.62. The number of aliphatic carboxylic acids is 1. The van der Waals surface area contributed by atoms with Crippen molar-refractivity contribution in [3.8, 4) is 11.5 Å². The summed E-state index contributed by atoms with van der Waals surface area (Å²) in [4.78, 5) is 10.6. The van der Waals surface area contributed by atoms with Crippen molar-refractivity contribution in [2.75, 3.05) is 20.5 Å². The molecule has 7 nitrogen and oxygen atoms in total. The van der Waals surface area contributed by atoms with E-state index in [1.165, 1.54) is 20.3 Å². The second-order valence-electron chi connectivity index (χ2n) is 4.52. The molecule has 1 aromatic rings. The lowest BCUT2D eigenvalue weighted by molar-refractivity contribution is -0.137. The van der Waals surface area contributed by atoms with Gasteiger partial charge in [0.1, 0.15) is 16.4 Å². The Morgan fingerprint density at radius 2 is 1.81 bits per heavy atom. The quantitative estimate of drug-likeness (QED) is 0.769. The second kappa shape index (κ2) is 6.77. The van der Waals surface area contributed by atoms with Crippen molar-refractivity contribution in [2.24, 2.45) is 5.73 Å². The zero-order valence-corrected chi connectivity index (χ0v) is 12.9. The maximum Gasteiger partial charge on any atom is 0.303 e. The van der Waals surface area contributed by atoms with Crippen LogP contribution in [0.5, 0.6) is 11.5 Å². The van der Waals surface area contributed by atoms with Gasteiger partial charge in [0, 0.05) is 24.3 Å². The summed E-state index contributed by atoms with van der Waals surface area (Å²) in [6.45, 7) is 0. The molecule has 1 aromatic carbocycles. The fourth-order valence-corrected chi connectivity index (χ4v) is 3.23. The normalized spacial score (nSPS) is 12.8. The predicted molar refractivity (Wildman–Crippen MR) is 76.5 cm³/mol. The molecule has 0 aromatic heterocycles. The van der Waals surface area contributed by atoms with Crippen LogP contribution >= 0.6 is 0 Å². The maximum atomic E-state index is 12.0. The number of carboxylic acid groups (broad SMARTS) is 1. The van der Waals surface area contributed by atoms with Crippen LogP contribution in [-0.2, 0) is 14.6 Å². The molecule has 0 radical (unpaired) electrons. The van der Waals surface area contributed by atoms with Crippen LogP contribution in [0.3, 0.4) is 0 Å². The smallest absolute Gasteiger partial charge is 0.303 e. The Hall–Kier alpha value is -1.80. The van der Waals surface area contributed by atoms with Gasteiger partial charge in [-0.05, 0) is 18.6 Å². The van der Waals surface area contributed by atoms with Crippen LogP contribution in [0.2, 0.25) is 0 Å². The number of methoxy groups -OCH3 is 2. The highest BCUT2D eigenvalue weighted by Gasteiger charge is 2.27. The van der Waals surface area contributed by atoms with Crippen LogP contribution in [0.4, 0.5) is 0 Å². The fraction of sp³-hybridized carbons (Fsp3) is 0.462. The van der Waals surface area contributed by atoms with Gasteiger partial charge in [-0.2, -0.15) is 0 Å². The average Bonchev–Trinajstić information content (AvgIpc) is 2.41. The molecule has 0 bridgehead atoms. The first kappa shape index (κ1) is 17.3. The summed E-state index contributed by atoms with van der Waals surface area (Å²) in [6.07, 6.45) is 0.948. The Labute approximate surface area is 123 Å². The topological polar surface area (TPSA) is 116 Å². The molecule has 0 aliphatic rings. The number of carbonyl (C=O) groups is 1. The first-order chi connectivity index (χ1) is 9.72. The van der Waals surface area contributed by atoms with Crippen LogP contribution < -0.4 is 15.2 Å². The molecule has 0 saturated carbocycles. The van der Waals surface area contributed by atoms with Gasteiger partial charge < -0.3 is 20.3 Å². The van der Waals surface area contributed by atoms with E-state index in [2.05, 4.69) is 0 Å². The minimum Gasteiger partial charge on any atom is -0.496 e. The SMILES string of the molecule is COc1ccc(OC)c(S(C)(=O)=O)c1C(N)CCC(=O)O. The van der Waals surface area contributed by atoms with Crippen molar-refractivity contribution in [2.45, 2.75) is 23.8 Å². The van der Waals surface area contributed by atoms with Crippen molar-refractivity contribution < 1.29 is 27.8 Å². The van der Waals surface area contributed by atoms with E-state index in [0.29, 0.717) is 0 Å². The number of hydrogen-bond donors (Lipinski definition) is 2. The van der Waals surface area contributed by atoms with E-state index in [9.17, 15) is 13.2 Å². The third-order valence-corrected chi connectivity index (χ3v) is 4.13. The van der Waals surface area contributed by atoms with Gasteiger partial charge in [0.15, 0.2) is 9.84 Å². The van der Waals surface area contributed by atoms with Crippen molar-refractivity contribution in [3.05, 3.63) is 17.7 Å². The second-order valence-corrected chi connectivity index (χ2v) is 6.48. The van der Waals surface area contributed by atoms with Crippen molar-refractivity contribution in [1.29, 1.82) is 0 Å². The van der Waals surface area contributed by atoms with Crippen molar-refractivity contribution >= 4 is 15.8 Å². The zero-order chi connectivity index (χ0) is 16.2. The molecule has 3 N–H and O–H groups in total. The Bertz CT molecular complexity index is 626. The molecule has 1 unspecified atom stereocenters. The third-order valence-electron chi connectivity index (χ3n) is 2.97. The zero-order valence-electron chi connectivity index (χ0n) is 12.1. The van der Waals surface area contributed by atoms with E-state index in [-0.39, 0.29) is 34.8 Å². The predicted octanol–water partition coefficient (Wildman–Crippen LogP) is 0.972. The minimum absolute atomic E-state index is 0.0674. The third kappa shape index (κ3) is 4.08. The van der Waals surface area contributed by atoms with Crippen LogP contribution in [0.15, 0.2) is 17.0 Å². The molecule has 0 aliphatic heterocycles. The van der Waals surface area contributed by atoms with E-state index in [4.69, 9.17) is 20.3 Å². The standard InChI is InChI=1S/C13H19NO6S/c1-19-9-5-6-10(20-2)13(21(3,17)18)12(9)8(14)4-7-11(15)16/h5-6,8H,4,7,14H2,1-3H3,(H,15,16). The van der Waals surface area contributed by atoms with Gasteiger partial charge in [0.05, 0.1) is 14.2 Å². The van der Waals surface area contributed by atoms with Gasteiger partial charge >= 0.3 is 5.97 Å². The summed E-state index contributed by atoms with van der Waals surface area (Å²) in [7, 11) is -0.884. The van der Waals surface area contributed by atoms with E-state index in [0.717, 1.165) is 6.26 Å². The molecule has 118 valence electrons. The summed E-state index contributed by atoms with van der Waals surface area (Å²) in [5.41, 5.74) is 6.21. The molecule has 21 heavy (non-hydrogen) atoms. The molecule has 0 aliphatic carbocycles. The van der Waals surface area contributed by atoms with E-state index in [1.54, 1.807) is 6.07 Å². The first-order valence-corrected chi connectivity index (χ1v) is 8.03. The highest BCUT2D eigenvalue weighted by Crippen LogP contribution is 2.38. The van der Waals surface area contributed by atoms with Gasteiger partial charge in [0.2, 0.25) is 0 Å². The fourth-order valence-electron chi connectivity index (χ4n) is 2.06. The summed E-state index contributed by atoms with van der Waals surface area (Å²) >= 11 is 0. The van der Waals surface area contributed by atoms with Gasteiger partial charge in [-0.3, -0.25) is 4.79 Å². The van der Waals surface area contributed by atoms with E-state index in [1.807, 2.05) is 0 Å². The Kier molecular flexibility index (Phi) is 5.56. The molecule has 0 heterocycles. The average molecular weight is 317 g/mol. The molecule has 1 atom stereocenters. The molecular formula is C13H19NO6S. The lowest BCUT2D eigenvalue weighted by Gasteiger charge is -2.20. The number of ether oxygens (including phenoxy) is 2. The molecule has 1 rings (SSSR count). The van der Waals surface area contributed by atoms with E-state index < -0.39 is 21.8 Å². The highest BCUT2D eigenvalue weighted by atomic mass is 32.2. The van der Waals surface area contributed by atoms with Gasteiger partial charge in [-0.15, -0.1) is 0 Å². The molecule has 0 amide bonds. The molecule has 0 fully saturated rings. The van der Waals surface area contributed by atoms with Crippen LogP contribution in [0.25, 0.3) is 0 Å². The van der Waals surface area contributed by atoms with Gasteiger partial charge in [0.25, 0.3) is 0 Å². The van der Waals surface area contributed by atoms with Crippen molar-refractivity contribution in [1.82, 2.24) is 0 Å². The van der Waals surface area contributed by atoms with Gasteiger partial charge in [-0.1, -0.05) is 0 Å². The van der Waals surface area contributed by atoms with Crippen LogP contribution in [0.1, 0.15) is 24.4 Å². The Balaban J connectivity index is 3.48. The largest absolute Gasteiger partial charge is 0.496 e. The number of nitrogens with two attached hydrogens (primary N) is 1. The lowest BCUT2D eigenvalue weighted by Crippen LogP contribution is -2.18. The molecular weight excluding hydrogens is 298 g/mol. The summed E-state index contributed by atoms with van der Waals surface area (Å²) < 4.78 is 34.3. The van der Waals surface area contributed by atoms with Crippen LogP contribution in [0, 0.1) is 0 Å². The number of sulfone groups is 1. The number of hydrogen-bond acceptors (Lipinski definition) is 6. The molecule has 8 heteroatoms.